The van der Waals surface area contributed by atoms with Gasteiger partial charge in [-0.15, -0.1) is 0 Å². The summed E-state index contributed by atoms with van der Waals surface area (Å²) in [5.41, 5.74) is 7.79. The number of hydrogen-bond donors (Lipinski definition) is 2. The van der Waals surface area contributed by atoms with Gasteiger partial charge in [0.25, 0.3) is 0 Å². The van der Waals surface area contributed by atoms with Crippen molar-refractivity contribution in [2.45, 2.75) is 20.8 Å². The molecular formula is C10H17N5. The summed E-state index contributed by atoms with van der Waals surface area (Å²) in [7, 11) is 0. The van der Waals surface area contributed by atoms with Crippen molar-refractivity contribution in [1.29, 1.82) is 0 Å². The quantitative estimate of drug-likeness (QED) is 0.554. The molecule has 0 saturated heterocycles. The van der Waals surface area contributed by atoms with Gasteiger partial charge in [-0.2, -0.15) is 10.2 Å². The van der Waals surface area contributed by atoms with E-state index in [1.165, 1.54) is 0 Å². The van der Waals surface area contributed by atoms with E-state index in [9.17, 15) is 0 Å². The summed E-state index contributed by atoms with van der Waals surface area (Å²) >= 11 is 0. The van der Waals surface area contributed by atoms with Gasteiger partial charge in [0.15, 0.2) is 5.49 Å². The highest BCUT2D eigenvalue weighted by atomic mass is 15.3. The number of nitrogen functional groups attached to an aromatic ring is 1. The molecule has 1 aromatic rings. The summed E-state index contributed by atoms with van der Waals surface area (Å²) in [4.78, 5) is 0. The molecule has 0 fully saturated rings. The topological polar surface area (TPSA) is 82.2 Å². The summed E-state index contributed by atoms with van der Waals surface area (Å²) in [6.07, 6.45) is 3.61. The van der Waals surface area contributed by atoms with Gasteiger partial charge in [-0.05, 0) is 18.9 Å². The minimum absolute atomic E-state index is 0.329. The molecule has 0 aliphatic heterocycles. The average Bonchev–Trinajstić information content (AvgIpc) is 2.18. The average molecular weight is 207 g/mol. The van der Waals surface area contributed by atoms with Gasteiger partial charge in [0.05, 0.1) is 11.9 Å². The second kappa shape index (κ2) is 4.63. The maximum atomic E-state index is 5.76. The predicted octanol–water partition coefficient (Wildman–Crippen LogP) is 0.757. The number of hydrogen-bond acceptors (Lipinski definition) is 4. The molecule has 82 valence electrons. The Morgan fingerprint density at radius 1 is 1.60 bits per heavy atom. The molecule has 0 aliphatic carbocycles. The lowest BCUT2D eigenvalue weighted by atomic mass is 10.1. The molecule has 1 rings (SSSR count). The van der Waals surface area contributed by atoms with Crippen molar-refractivity contribution in [3.63, 3.8) is 0 Å². The molecule has 0 atom stereocenters. The van der Waals surface area contributed by atoms with Gasteiger partial charge < -0.3 is 11.6 Å². The lowest BCUT2D eigenvalue weighted by molar-refractivity contribution is 0.698. The maximum Gasteiger partial charge on any atom is 0.196 e. The molecule has 0 aliphatic rings. The standard InChI is InChI=1S/C10H17N5/c1-4-9(7(2)3)15-10(14-12)8(11)5-6-13-15/h4-7H,11-12H2,1-3H3/b9-4-,14-10-. The molecule has 5 nitrogen and oxygen atoms in total. The number of nitrogens with two attached hydrogens (primary N) is 2. The Balaban J connectivity index is 3.45. The van der Waals surface area contributed by atoms with Crippen LogP contribution in [0.15, 0.2) is 23.4 Å². The van der Waals surface area contributed by atoms with E-state index in [4.69, 9.17) is 11.6 Å². The van der Waals surface area contributed by atoms with E-state index in [-0.39, 0.29) is 0 Å². The second-order valence-corrected chi connectivity index (χ2v) is 3.52. The van der Waals surface area contributed by atoms with Crippen molar-refractivity contribution in [3.8, 4) is 0 Å². The Bertz CT molecular complexity index is 428. The molecule has 1 aromatic heterocycles. The fraction of sp³-hybridized carbons (Fsp3) is 0.400. The first-order valence-corrected chi connectivity index (χ1v) is 4.86. The first kappa shape index (κ1) is 11.3. The molecule has 15 heavy (non-hydrogen) atoms. The molecule has 4 N–H and O–H groups in total. The van der Waals surface area contributed by atoms with E-state index in [0.717, 1.165) is 5.70 Å². The van der Waals surface area contributed by atoms with Crippen LogP contribution < -0.4 is 17.1 Å². The number of rotatable bonds is 2. The predicted molar refractivity (Wildman–Crippen MR) is 61.2 cm³/mol. The third-order valence-corrected chi connectivity index (χ3v) is 2.15. The van der Waals surface area contributed by atoms with Crippen molar-refractivity contribution in [2.24, 2.45) is 16.9 Å². The zero-order valence-corrected chi connectivity index (χ0v) is 9.31. The van der Waals surface area contributed by atoms with Crippen LogP contribution >= 0.6 is 0 Å². The fourth-order valence-corrected chi connectivity index (χ4v) is 1.45. The molecule has 1 heterocycles. The van der Waals surface area contributed by atoms with E-state index in [0.29, 0.717) is 17.1 Å². The smallest absolute Gasteiger partial charge is 0.196 e. The lowest BCUT2D eigenvalue weighted by Crippen LogP contribution is -2.28. The molecule has 0 amide bonds. The zero-order valence-electron chi connectivity index (χ0n) is 9.31. The van der Waals surface area contributed by atoms with Crippen LogP contribution in [0.25, 0.3) is 5.70 Å². The van der Waals surface area contributed by atoms with E-state index in [1.54, 1.807) is 16.9 Å². The minimum Gasteiger partial charge on any atom is -0.396 e. The van der Waals surface area contributed by atoms with E-state index in [2.05, 4.69) is 24.0 Å². The molecule has 5 heteroatoms. The van der Waals surface area contributed by atoms with Crippen LogP contribution in [-0.2, 0) is 0 Å². The highest BCUT2D eigenvalue weighted by Gasteiger charge is 2.07. The van der Waals surface area contributed by atoms with Gasteiger partial charge in [0.2, 0.25) is 0 Å². The number of anilines is 1. The molecule has 0 unspecified atom stereocenters. The minimum atomic E-state index is 0.329. The Labute approximate surface area is 89.1 Å². The van der Waals surface area contributed by atoms with Gasteiger partial charge in [-0.25, -0.2) is 4.68 Å². The van der Waals surface area contributed by atoms with Crippen molar-refractivity contribution in [3.05, 3.63) is 23.8 Å². The van der Waals surface area contributed by atoms with Gasteiger partial charge in [0.1, 0.15) is 0 Å². The first-order valence-electron chi connectivity index (χ1n) is 4.86. The lowest BCUT2D eigenvalue weighted by Gasteiger charge is -2.13. The third kappa shape index (κ3) is 2.18. The Hall–Kier alpha value is -1.78. The van der Waals surface area contributed by atoms with Crippen molar-refractivity contribution < 1.29 is 0 Å². The van der Waals surface area contributed by atoms with Gasteiger partial charge in [-0.3, -0.25) is 0 Å². The normalized spacial score (nSPS) is 13.6. The van der Waals surface area contributed by atoms with Crippen molar-refractivity contribution in [2.75, 3.05) is 5.73 Å². The SMILES string of the molecule is C/C=C(/C(C)C)n1nccc(N)/c1=N/N. The Morgan fingerprint density at radius 3 is 2.73 bits per heavy atom. The van der Waals surface area contributed by atoms with Crippen LogP contribution in [0.4, 0.5) is 5.69 Å². The second-order valence-electron chi connectivity index (χ2n) is 3.52. The summed E-state index contributed by atoms with van der Waals surface area (Å²) in [6.45, 7) is 6.11. The maximum absolute atomic E-state index is 5.76. The first-order chi connectivity index (χ1) is 7.11. The highest BCUT2D eigenvalue weighted by Crippen LogP contribution is 2.12. The van der Waals surface area contributed by atoms with Gasteiger partial charge in [0, 0.05) is 5.70 Å². The third-order valence-electron chi connectivity index (χ3n) is 2.15. The van der Waals surface area contributed by atoms with Gasteiger partial charge >= 0.3 is 0 Å². The highest BCUT2D eigenvalue weighted by molar-refractivity contribution is 5.47. The summed E-state index contributed by atoms with van der Waals surface area (Å²) in [5.74, 6) is 5.63. The number of allylic oxidation sites excluding steroid dienone is 2. The summed E-state index contributed by atoms with van der Waals surface area (Å²) in [5, 5.41) is 7.85. The van der Waals surface area contributed by atoms with Crippen molar-refractivity contribution >= 4 is 11.4 Å². The summed E-state index contributed by atoms with van der Waals surface area (Å²) < 4.78 is 1.67. The molecule has 0 spiro atoms. The van der Waals surface area contributed by atoms with Crippen LogP contribution in [0, 0.1) is 5.92 Å². The van der Waals surface area contributed by atoms with E-state index in [1.807, 2.05) is 13.0 Å². The van der Waals surface area contributed by atoms with Crippen LogP contribution in [0.5, 0.6) is 0 Å². The van der Waals surface area contributed by atoms with Crippen LogP contribution in [0.2, 0.25) is 0 Å². The number of aromatic nitrogens is 2. The Kier molecular flexibility index (Phi) is 3.49. The zero-order chi connectivity index (χ0) is 11.4. The Morgan fingerprint density at radius 2 is 2.27 bits per heavy atom. The van der Waals surface area contributed by atoms with Gasteiger partial charge in [-0.1, -0.05) is 19.9 Å². The molecule has 0 aromatic carbocycles. The van der Waals surface area contributed by atoms with Crippen LogP contribution in [-0.4, -0.2) is 9.78 Å². The monoisotopic (exact) mass is 207 g/mol. The van der Waals surface area contributed by atoms with E-state index >= 15 is 0 Å². The summed E-state index contributed by atoms with van der Waals surface area (Å²) in [6, 6.07) is 1.68. The molecular weight excluding hydrogens is 190 g/mol. The molecule has 0 radical (unpaired) electrons. The number of nitrogens with zero attached hydrogens (tertiary/aromatic N) is 3. The fourth-order valence-electron chi connectivity index (χ4n) is 1.45. The van der Waals surface area contributed by atoms with Crippen LogP contribution in [0.1, 0.15) is 20.8 Å². The molecule has 0 saturated carbocycles. The van der Waals surface area contributed by atoms with E-state index < -0.39 is 0 Å². The largest absolute Gasteiger partial charge is 0.396 e. The molecule has 0 bridgehead atoms. The van der Waals surface area contributed by atoms with Crippen molar-refractivity contribution in [1.82, 2.24) is 9.78 Å². The van der Waals surface area contributed by atoms with Crippen LogP contribution in [0.3, 0.4) is 0 Å².